The summed E-state index contributed by atoms with van der Waals surface area (Å²) < 4.78 is 1.97. The van der Waals surface area contributed by atoms with Crippen LogP contribution in [0.4, 0.5) is 23.1 Å². The Kier molecular flexibility index (Phi) is 5.55. The van der Waals surface area contributed by atoms with Crippen LogP contribution in [0.3, 0.4) is 0 Å². The molecule has 3 aromatic heterocycles. The van der Waals surface area contributed by atoms with E-state index in [-0.39, 0.29) is 0 Å². The minimum Gasteiger partial charge on any atom is -0.378 e. The largest absolute Gasteiger partial charge is 0.378 e. The first-order valence-corrected chi connectivity index (χ1v) is 10.6. The van der Waals surface area contributed by atoms with Crippen LogP contribution < -0.4 is 15.5 Å². The molecule has 0 aliphatic heterocycles. The Morgan fingerprint density at radius 1 is 0.939 bits per heavy atom. The third kappa shape index (κ3) is 4.45. The van der Waals surface area contributed by atoms with Gasteiger partial charge in [0.1, 0.15) is 6.33 Å². The van der Waals surface area contributed by atoms with E-state index in [0.29, 0.717) is 23.8 Å². The maximum absolute atomic E-state index is 4.81. The smallest absolute Gasteiger partial charge is 0.231 e. The molecule has 0 unspecified atom stereocenters. The van der Waals surface area contributed by atoms with Gasteiger partial charge >= 0.3 is 0 Å². The van der Waals surface area contributed by atoms with E-state index >= 15 is 0 Å². The van der Waals surface area contributed by atoms with Crippen molar-refractivity contribution in [1.82, 2.24) is 24.5 Å². The number of imidazole rings is 1. The average Bonchev–Trinajstić information content (AvgIpc) is 3.28. The Balaban J connectivity index is 1.55. The molecule has 0 amide bonds. The molecule has 8 heteroatoms. The van der Waals surface area contributed by atoms with Gasteiger partial charge in [0, 0.05) is 50.1 Å². The number of nitrogens with one attached hydrogen (secondary N) is 2. The fraction of sp³-hybridized carbons (Fsp3) is 0.120. The Labute approximate surface area is 192 Å². The van der Waals surface area contributed by atoms with Crippen molar-refractivity contribution >= 4 is 34.3 Å². The van der Waals surface area contributed by atoms with Gasteiger partial charge in [0.2, 0.25) is 5.95 Å². The van der Waals surface area contributed by atoms with Gasteiger partial charge in [0.05, 0.1) is 0 Å². The highest BCUT2D eigenvalue weighted by molar-refractivity contribution is 5.86. The predicted octanol–water partition coefficient (Wildman–Crippen LogP) is 4.63. The van der Waals surface area contributed by atoms with Crippen molar-refractivity contribution in [1.29, 1.82) is 0 Å². The monoisotopic (exact) mass is 436 g/mol. The van der Waals surface area contributed by atoms with Crippen LogP contribution in [-0.4, -0.2) is 38.6 Å². The summed E-state index contributed by atoms with van der Waals surface area (Å²) in [4.78, 5) is 20.4. The predicted molar refractivity (Wildman–Crippen MR) is 132 cm³/mol. The second-order valence-corrected chi connectivity index (χ2v) is 7.80. The summed E-state index contributed by atoms with van der Waals surface area (Å²) in [7, 11) is 4.03. The number of para-hydroxylation sites is 1. The molecule has 0 fully saturated rings. The van der Waals surface area contributed by atoms with E-state index < -0.39 is 0 Å². The maximum Gasteiger partial charge on any atom is 0.231 e. The molecule has 2 aromatic carbocycles. The molecule has 0 radical (unpaired) electrons. The van der Waals surface area contributed by atoms with E-state index in [9.17, 15) is 0 Å². The van der Waals surface area contributed by atoms with Gasteiger partial charge in [-0.1, -0.05) is 30.3 Å². The van der Waals surface area contributed by atoms with Crippen LogP contribution in [0.15, 0.2) is 85.5 Å². The fourth-order valence-electron chi connectivity index (χ4n) is 3.54. The Morgan fingerprint density at radius 2 is 1.82 bits per heavy atom. The minimum absolute atomic E-state index is 0.491. The Hall–Kier alpha value is -4.46. The highest BCUT2D eigenvalue weighted by Gasteiger charge is 2.15. The summed E-state index contributed by atoms with van der Waals surface area (Å²) in [5, 5.41) is 6.77. The molecule has 8 nitrogen and oxygen atoms in total. The molecule has 2 N–H and O–H groups in total. The first-order chi connectivity index (χ1) is 16.2. The quantitative estimate of drug-likeness (QED) is 0.385. The molecular formula is C25H24N8. The van der Waals surface area contributed by atoms with Crippen LogP contribution in [-0.2, 0) is 6.54 Å². The summed E-state index contributed by atoms with van der Waals surface area (Å²) in [6, 6.07) is 22.1. The summed E-state index contributed by atoms with van der Waals surface area (Å²) >= 11 is 0. The molecule has 0 spiro atoms. The molecule has 0 saturated carbocycles. The van der Waals surface area contributed by atoms with E-state index in [1.807, 2.05) is 79.5 Å². The zero-order valence-electron chi connectivity index (χ0n) is 18.5. The second kappa shape index (κ2) is 8.96. The SMILES string of the molecule is CN(C)c1cccc(Nc2nc(NCc3cccnc3)c3ncn(-c4ccccc4)c3n2)c1. The summed E-state index contributed by atoms with van der Waals surface area (Å²) in [5.41, 5.74) is 5.46. The van der Waals surface area contributed by atoms with E-state index in [2.05, 4.69) is 37.6 Å². The highest BCUT2D eigenvalue weighted by atomic mass is 15.2. The van der Waals surface area contributed by atoms with Crippen LogP contribution >= 0.6 is 0 Å². The third-order valence-electron chi connectivity index (χ3n) is 5.23. The lowest BCUT2D eigenvalue weighted by atomic mass is 10.2. The molecular weight excluding hydrogens is 412 g/mol. The Bertz CT molecular complexity index is 1360. The average molecular weight is 437 g/mol. The molecule has 164 valence electrons. The summed E-state index contributed by atoms with van der Waals surface area (Å²) in [6.07, 6.45) is 5.37. The molecule has 0 atom stereocenters. The normalized spacial score (nSPS) is 10.8. The molecule has 5 aromatic rings. The number of pyridine rings is 1. The van der Waals surface area contributed by atoms with Crippen LogP contribution in [0.2, 0.25) is 0 Å². The first kappa shape index (κ1) is 20.4. The lowest BCUT2D eigenvalue weighted by Crippen LogP contribution is -2.09. The standard InChI is InChI=1S/C25H24N8/c1-32(2)21-12-6-9-19(14-21)29-25-30-23(27-16-18-8-7-13-26-15-18)22-24(31-25)33(17-28-22)20-10-4-3-5-11-20/h3-15,17H,16H2,1-2H3,(H2,27,29,30,31). The van der Waals surface area contributed by atoms with Crippen LogP contribution in [0.25, 0.3) is 16.9 Å². The van der Waals surface area contributed by atoms with Gasteiger partial charge in [0.15, 0.2) is 17.0 Å². The van der Waals surface area contributed by atoms with Gasteiger partial charge in [-0.2, -0.15) is 9.97 Å². The zero-order chi connectivity index (χ0) is 22.6. The van der Waals surface area contributed by atoms with Crippen molar-refractivity contribution in [3.8, 4) is 5.69 Å². The lowest BCUT2D eigenvalue weighted by Gasteiger charge is -2.14. The number of fused-ring (bicyclic) bond motifs is 1. The molecule has 0 aliphatic carbocycles. The number of nitrogens with zero attached hydrogens (tertiary/aromatic N) is 6. The molecule has 0 bridgehead atoms. The van der Waals surface area contributed by atoms with Crippen LogP contribution in [0.1, 0.15) is 5.56 Å². The number of rotatable bonds is 7. The highest BCUT2D eigenvalue weighted by Crippen LogP contribution is 2.26. The molecule has 0 aliphatic rings. The number of anilines is 4. The molecule has 33 heavy (non-hydrogen) atoms. The lowest BCUT2D eigenvalue weighted by molar-refractivity contribution is 1.05. The van der Waals surface area contributed by atoms with Crippen molar-refractivity contribution in [2.75, 3.05) is 29.6 Å². The van der Waals surface area contributed by atoms with E-state index in [1.165, 1.54) is 0 Å². The van der Waals surface area contributed by atoms with Gasteiger partial charge in [-0.25, -0.2) is 4.98 Å². The van der Waals surface area contributed by atoms with E-state index in [4.69, 9.17) is 9.97 Å². The van der Waals surface area contributed by atoms with Crippen molar-refractivity contribution in [3.05, 3.63) is 91.0 Å². The number of aromatic nitrogens is 5. The second-order valence-electron chi connectivity index (χ2n) is 7.80. The van der Waals surface area contributed by atoms with E-state index in [1.54, 1.807) is 12.5 Å². The van der Waals surface area contributed by atoms with Gasteiger partial charge < -0.3 is 15.5 Å². The van der Waals surface area contributed by atoms with E-state index in [0.717, 1.165) is 28.3 Å². The van der Waals surface area contributed by atoms with Gasteiger partial charge in [-0.3, -0.25) is 9.55 Å². The fourth-order valence-corrected chi connectivity index (χ4v) is 3.54. The summed E-state index contributed by atoms with van der Waals surface area (Å²) in [5.74, 6) is 1.15. The zero-order valence-corrected chi connectivity index (χ0v) is 18.5. The van der Waals surface area contributed by atoms with Crippen LogP contribution in [0, 0.1) is 0 Å². The van der Waals surface area contributed by atoms with Crippen molar-refractivity contribution < 1.29 is 0 Å². The van der Waals surface area contributed by atoms with Gasteiger partial charge in [-0.15, -0.1) is 0 Å². The molecule has 0 saturated heterocycles. The van der Waals surface area contributed by atoms with Crippen LogP contribution in [0.5, 0.6) is 0 Å². The first-order valence-electron chi connectivity index (χ1n) is 10.6. The van der Waals surface area contributed by atoms with Crippen molar-refractivity contribution in [2.24, 2.45) is 0 Å². The van der Waals surface area contributed by atoms with Crippen molar-refractivity contribution in [3.63, 3.8) is 0 Å². The van der Waals surface area contributed by atoms with Gasteiger partial charge in [-0.05, 0) is 42.0 Å². The number of hydrogen-bond acceptors (Lipinski definition) is 7. The Morgan fingerprint density at radius 3 is 2.61 bits per heavy atom. The maximum atomic E-state index is 4.81. The van der Waals surface area contributed by atoms with Crippen molar-refractivity contribution in [2.45, 2.75) is 6.54 Å². The number of benzene rings is 2. The number of hydrogen-bond donors (Lipinski definition) is 2. The third-order valence-corrected chi connectivity index (χ3v) is 5.23. The minimum atomic E-state index is 0.491. The summed E-state index contributed by atoms with van der Waals surface area (Å²) in [6.45, 7) is 0.577. The molecule has 3 heterocycles. The van der Waals surface area contributed by atoms with Gasteiger partial charge in [0.25, 0.3) is 0 Å². The topological polar surface area (TPSA) is 83.8 Å². The molecule has 5 rings (SSSR count).